The highest BCUT2D eigenvalue weighted by atomic mass is 16.5. The van der Waals surface area contributed by atoms with Gasteiger partial charge < -0.3 is 15.2 Å². The zero-order valence-corrected chi connectivity index (χ0v) is 38.6. The molecule has 0 bridgehead atoms. The Hall–Kier alpha value is -3.97. The number of nitriles is 1. The minimum absolute atomic E-state index is 0.00986. The maximum atomic E-state index is 14.7. The molecule has 2 N–H and O–H groups in total. The van der Waals surface area contributed by atoms with Gasteiger partial charge >= 0.3 is 11.9 Å². The van der Waals surface area contributed by atoms with Crippen LogP contribution in [-0.4, -0.2) is 67.4 Å². The lowest BCUT2D eigenvalue weighted by Gasteiger charge is -2.72. The molecule has 1 aromatic rings. The van der Waals surface area contributed by atoms with Crippen molar-refractivity contribution in [3.8, 4) is 6.07 Å². The number of esters is 1. The Balaban J connectivity index is 1.40. The lowest BCUT2D eigenvalue weighted by Crippen LogP contribution is -2.66. The smallest absolute Gasteiger partial charge is 0.309 e. The number of nitrogens with one attached hydrogen (secondary N) is 1. The van der Waals surface area contributed by atoms with E-state index in [-0.39, 0.29) is 51.8 Å². The SMILES string of the molecule is CNCCN(/C(=C(/C)C=O)C12CC[C@]3(C)C(CCC4C5(C)CCC(OC(=O)CC(C)(C)C(=O)O)C(C)(C)C5CCC43C)C1=C(C(C)C)C(=O)C2)N(C)c1ccc(C#N)cc1. The fourth-order valence-corrected chi connectivity index (χ4v) is 14.1. The average Bonchev–Trinajstić information content (AvgIpc) is 3.49. The number of ether oxygens (including phenoxy) is 1. The number of hydrogen-bond acceptors (Lipinski definition) is 9. The fourth-order valence-electron chi connectivity index (χ4n) is 14.1. The molecule has 0 saturated heterocycles. The Bertz CT molecular complexity index is 1990. The van der Waals surface area contributed by atoms with Gasteiger partial charge in [-0.3, -0.25) is 29.2 Å². The van der Waals surface area contributed by atoms with Gasteiger partial charge in [0.1, 0.15) is 12.4 Å². The number of aldehydes is 1. The van der Waals surface area contributed by atoms with E-state index in [1.165, 1.54) is 5.57 Å². The summed E-state index contributed by atoms with van der Waals surface area (Å²) in [5.41, 5.74) is 3.07. The largest absolute Gasteiger partial charge is 0.481 e. The van der Waals surface area contributed by atoms with Crippen LogP contribution in [0.25, 0.3) is 0 Å². The van der Waals surface area contributed by atoms with Gasteiger partial charge in [-0.1, -0.05) is 48.5 Å². The molecule has 60 heavy (non-hydrogen) atoms. The Morgan fingerprint density at radius 1 is 1.00 bits per heavy atom. The highest BCUT2D eigenvalue weighted by molar-refractivity contribution is 6.01. The molecule has 10 heteroatoms. The number of ketones is 1. The maximum absolute atomic E-state index is 14.7. The molecule has 4 fully saturated rings. The highest BCUT2D eigenvalue weighted by Gasteiger charge is 2.71. The summed E-state index contributed by atoms with van der Waals surface area (Å²) in [5.74, 6) is -0.270. The van der Waals surface area contributed by atoms with Crippen LogP contribution in [0.4, 0.5) is 5.69 Å². The van der Waals surface area contributed by atoms with E-state index in [2.05, 4.69) is 69.9 Å². The van der Waals surface area contributed by atoms with Gasteiger partial charge in [0, 0.05) is 36.4 Å². The van der Waals surface area contributed by atoms with Crippen molar-refractivity contribution in [1.29, 1.82) is 5.26 Å². The number of carbonyl (C=O) groups excluding carboxylic acids is 3. The van der Waals surface area contributed by atoms with Gasteiger partial charge in [-0.2, -0.15) is 5.26 Å². The topological polar surface area (TPSA) is 140 Å². The van der Waals surface area contributed by atoms with Crippen molar-refractivity contribution >= 4 is 29.7 Å². The zero-order valence-electron chi connectivity index (χ0n) is 38.6. The number of likely N-dealkylation sites (N-methyl/N-ethyl adjacent to an activating group) is 1. The van der Waals surface area contributed by atoms with Crippen LogP contribution in [0.2, 0.25) is 0 Å². The number of fused-ring (bicyclic) bond motifs is 7. The number of hydrazine groups is 1. The van der Waals surface area contributed by atoms with Crippen molar-refractivity contribution < 1.29 is 29.0 Å². The number of rotatable bonds is 13. The zero-order chi connectivity index (χ0) is 44.4. The molecule has 0 radical (unpaired) electrons. The molecule has 0 aromatic heterocycles. The van der Waals surface area contributed by atoms with Gasteiger partial charge in [-0.25, -0.2) is 0 Å². The van der Waals surface area contributed by atoms with E-state index in [1.54, 1.807) is 13.8 Å². The molecular formula is C50H72N4O6. The molecule has 5 aliphatic carbocycles. The molecule has 8 atom stereocenters. The van der Waals surface area contributed by atoms with E-state index < -0.39 is 22.8 Å². The molecule has 7 unspecified atom stereocenters. The number of aliphatic carboxylic acids is 1. The highest BCUT2D eigenvalue weighted by Crippen LogP contribution is 2.77. The first-order valence-corrected chi connectivity index (χ1v) is 22.5. The van der Waals surface area contributed by atoms with Crippen molar-refractivity contribution in [3.63, 3.8) is 0 Å². The molecule has 0 spiro atoms. The third-order valence-corrected chi connectivity index (χ3v) is 17.4. The second-order valence-electron chi connectivity index (χ2n) is 21.5. The Kier molecular flexibility index (Phi) is 12.2. The van der Waals surface area contributed by atoms with Crippen LogP contribution < -0.4 is 10.3 Å². The molecule has 4 saturated carbocycles. The van der Waals surface area contributed by atoms with Crippen LogP contribution in [0, 0.1) is 67.5 Å². The summed E-state index contributed by atoms with van der Waals surface area (Å²) < 4.78 is 6.21. The lowest BCUT2D eigenvalue weighted by atomic mass is 9.33. The second kappa shape index (κ2) is 16.1. The number of carbonyl (C=O) groups is 4. The number of benzene rings is 1. The molecule has 0 amide bonds. The molecule has 10 nitrogen and oxygen atoms in total. The summed E-state index contributed by atoms with van der Waals surface area (Å²) in [5, 5.41) is 26.9. The van der Waals surface area contributed by atoms with Gasteiger partial charge in [-0.15, -0.1) is 0 Å². The predicted octanol–water partition coefficient (Wildman–Crippen LogP) is 9.30. The number of allylic oxidation sites excluding steroid dienone is 3. The monoisotopic (exact) mass is 825 g/mol. The van der Waals surface area contributed by atoms with Crippen LogP contribution in [0.5, 0.6) is 0 Å². The van der Waals surface area contributed by atoms with Crippen molar-refractivity contribution in [2.24, 2.45) is 56.2 Å². The standard InChI is InChI=1S/C50H72N4O6/c1-31(2)41-36(56)27-50(43(32(3)30-55)54(26-25-52-11)53(12)34-15-13-33(29-51)14-16-34)24-23-48(9)35(42(41)50)17-18-38-47(8)21-20-39(60-40(57)28-45(4,5)44(58)59)46(6,7)37(47)19-22-49(38,48)10/h13-16,30-31,35,37-39,52H,17-28H2,1-12H3,(H,58,59)/b43-32-/t35?,37?,38?,39?,47?,48-,49?,50?/m1/s1. The van der Waals surface area contributed by atoms with E-state index in [9.17, 15) is 29.5 Å². The van der Waals surface area contributed by atoms with E-state index in [0.29, 0.717) is 42.5 Å². The first kappa shape index (κ1) is 45.6. The first-order chi connectivity index (χ1) is 28.0. The Labute approximate surface area is 359 Å². The predicted molar refractivity (Wildman–Crippen MR) is 234 cm³/mol. The molecule has 0 aliphatic heterocycles. The lowest BCUT2D eigenvalue weighted by molar-refractivity contribution is -0.233. The summed E-state index contributed by atoms with van der Waals surface area (Å²) in [7, 11) is 3.95. The molecule has 0 heterocycles. The van der Waals surface area contributed by atoms with Gasteiger partial charge in [-0.05, 0) is 155 Å². The summed E-state index contributed by atoms with van der Waals surface area (Å²) in [4.78, 5) is 52.9. The third-order valence-electron chi connectivity index (χ3n) is 17.4. The van der Waals surface area contributed by atoms with Crippen LogP contribution >= 0.6 is 0 Å². The van der Waals surface area contributed by atoms with Gasteiger partial charge in [0.15, 0.2) is 5.78 Å². The normalized spacial score (nSPS) is 33.7. The maximum Gasteiger partial charge on any atom is 0.309 e. The quantitative estimate of drug-likeness (QED) is 0.0856. The number of Topliss-reactive ketones (excluding diaryl/α,β-unsaturated/α-hetero) is 1. The number of hydrogen-bond donors (Lipinski definition) is 2. The number of carboxylic acids is 1. The van der Waals surface area contributed by atoms with Crippen molar-refractivity contribution in [1.82, 2.24) is 10.3 Å². The molecular weight excluding hydrogens is 753 g/mol. The van der Waals surface area contributed by atoms with Crippen LogP contribution in [0.3, 0.4) is 0 Å². The van der Waals surface area contributed by atoms with E-state index >= 15 is 0 Å². The van der Waals surface area contributed by atoms with Gasteiger partial charge in [0.2, 0.25) is 0 Å². The minimum Gasteiger partial charge on any atom is -0.481 e. The van der Waals surface area contributed by atoms with Crippen molar-refractivity contribution in [3.05, 3.63) is 52.2 Å². The van der Waals surface area contributed by atoms with E-state index in [0.717, 1.165) is 74.6 Å². The summed E-state index contributed by atoms with van der Waals surface area (Å²) in [6.07, 6.45) is 8.37. The van der Waals surface area contributed by atoms with Gasteiger partial charge in [0.25, 0.3) is 0 Å². The molecule has 1 aromatic carbocycles. The third kappa shape index (κ3) is 7.03. The number of nitrogens with zero attached hydrogens (tertiary/aromatic N) is 3. The first-order valence-electron chi connectivity index (χ1n) is 22.5. The van der Waals surface area contributed by atoms with E-state index in [1.807, 2.05) is 45.3 Å². The van der Waals surface area contributed by atoms with Crippen LogP contribution in [0.1, 0.15) is 139 Å². The molecule has 328 valence electrons. The summed E-state index contributed by atoms with van der Waals surface area (Å²) >= 11 is 0. The average molecular weight is 825 g/mol. The molecule has 5 aliphatic rings. The van der Waals surface area contributed by atoms with Crippen molar-refractivity contribution in [2.45, 2.75) is 140 Å². The van der Waals surface area contributed by atoms with E-state index in [4.69, 9.17) is 4.74 Å². The minimum atomic E-state index is -1.19. The van der Waals surface area contributed by atoms with Crippen LogP contribution in [0.15, 0.2) is 46.7 Å². The number of anilines is 1. The number of carboxylic acid groups (broad SMARTS) is 1. The Morgan fingerprint density at radius 3 is 2.25 bits per heavy atom. The van der Waals surface area contributed by atoms with Crippen LogP contribution in [-0.2, 0) is 23.9 Å². The summed E-state index contributed by atoms with van der Waals surface area (Å²) in [6.45, 7) is 22.8. The summed E-state index contributed by atoms with van der Waals surface area (Å²) in [6, 6.07) is 9.76. The fraction of sp³-hybridized carbons (Fsp3) is 0.700. The van der Waals surface area contributed by atoms with Crippen molar-refractivity contribution in [2.75, 3.05) is 32.2 Å². The van der Waals surface area contributed by atoms with Gasteiger partial charge in [0.05, 0.1) is 41.4 Å². The second-order valence-corrected chi connectivity index (χ2v) is 21.5. The molecule has 6 rings (SSSR count). The Morgan fingerprint density at radius 2 is 1.67 bits per heavy atom.